The van der Waals surface area contributed by atoms with E-state index in [0.717, 1.165) is 4.47 Å². The van der Waals surface area contributed by atoms with Gasteiger partial charge in [0.15, 0.2) is 5.82 Å². The minimum atomic E-state index is -0.415. The molecule has 1 heterocycles. The van der Waals surface area contributed by atoms with Crippen molar-refractivity contribution in [1.29, 1.82) is 0 Å². The highest BCUT2D eigenvalue weighted by Gasteiger charge is 2.16. The largest absolute Gasteiger partial charge is 0.383 e. The third kappa shape index (κ3) is 2.89. The van der Waals surface area contributed by atoms with Crippen LogP contribution >= 0.6 is 27.5 Å². The molecule has 0 spiro atoms. The number of halogens is 2. The molecule has 0 amide bonds. The van der Waals surface area contributed by atoms with Gasteiger partial charge in [-0.1, -0.05) is 32.7 Å². The molecule has 0 saturated carbocycles. The summed E-state index contributed by atoms with van der Waals surface area (Å²) in [6, 6.07) is 4.99. The van der Waals surface area contributed by atoms with E-state index in [9.17, 15) is 0 Å². The van der Waals surface area contributed by atoms with Gasteiger partial charge < -0.3 is 15.0 Å². The van der Waals surface area contributed by atoms with Crippen molar-refractivity contribution in [3.8, 4) is 11.5 Å². The molecule has 0 aliphatic heterocycles. The number of aromatic nitrogens is 2. The van der Waals surface area contributed by atoms with Crippen molar-refractivity contribution in [2.75, 3.05) is 13.7 Å². The van der Waals surface area contributed by atoms with E-state index in [1.54, 1.807) is 19.2 Å². The summed E-state index contributed by atoms with van der Waals surface area (Å²) in [5, 5.41) is 4.34. The van der Waals surface area contributed by atoms with Crippen LogP contribution in [0.25, 0.3) is 11.5 Å². The second-order valence-corrected chi connectivity index (χ2v) is 4.97. The number of methoxy groups -OCH3 is 1. The fraction of sp³-hybridized carbons (Fsp3) is 0.273. The van der Waals surface area contributed by atoms with Gasteiger partial charge in [-0.25, -0.2) is 0 Å². The highest BCUT2D eigenvalue weighted by Crippen LogP contribution is 2.29. The molecule has 2 rings (SSSR count). The van der Waals surface area contributed by atoms with Crippen LogP contribution < -0.4 is 5.73 Å². The number of benzene rings is 1. The molecule has 1 atom stereocenters. The average Bonchev–Trinajstić information content (AvgIpc) is 2.78. The maximum atomic E-state index is 6.10. The number of hydrogen-bond acceptors (Lipinski definition) is 5. The Hall–Kier alpha value is -0.950. The Morgan fingerprint density at radius 3 is 3.00 bits per heavy atom. The molecule has 1 aromatic heterocycles. The second-order valence-electron chi connectivity index (χ2n) is 3.64. The summed E-state index contributed by atoms with van der Waals surface area (Å²) in [5.74, 6) is 0.736. The molecule has 7 heteroatoms. The maximum Gasteiger partial charge on any atom is 0.259 e. The van der Waals surface area contributed by atoms with Crippen molar-refractivity contribution in [2.24, 2.45) is 5.73 Å². The summed E-state index contributed by atoms with van der Waals surface area (Å²) in [5.41, 5.74) is 6.48. The normalized spacial score (nSPS) is 12.7. The molecule has 5 nitrogen and oxygen atoms in total. The molecule has 1 unspecified atom stereocenters. The molecule has 96 valence electrons. The lowest BCUT2D eigenvalue weighted by atomic mass is 10.2. The SMILES string of the molecule is COCC(N)c1noc(-c2ccc(Br)cc2Cl)n1. The zero-order chi connectivity index (χ0) is 13.1. The minimum absolute atomic E-state index is 0.326. The molecule has 0 radical (unpaired) electrons. The van der Waals surface area contributed by atoms with Gasteiger partial charge in [-0.15, -0.1) is 0 Å². The Balaban J connectivity index is 2.29. The molecule has 0 bridgehead atoms. The van der Waals surface area contributed by atoms with Crippen molar-refractivity contribution in [2.45, 2.75) is 6.04 Å². The zero-order valence-electron chi connectivity index (χ0n) is 9.56. The lowest BCUT2D eigenvalue weighted by Gasteiger charge is -2.03. The van der Waals surface area contributed by atoms with Crippen LogP contribution in [0.5, 0.6) is 0 Å². The number of nitrogens with zero attached hydrogens (tertiary/aromatic N) is 2. The van der Waals surface area contributed by atoms with Crippen LogP contribution in [0, 0.1) is 0 Å². The topological polar surface area (TPSA) is 74.2 Å². The van der Waals surface area contributed by atoms with Gasteiger partial charge in [-0.05, 0) is 18.2 Å². The van der Waals surface area contributed by atoms with Crippen LogP contribution in [-0.2, 0) is 4.74 Å². The van der Waals surface area contributed by atoms with Gasteiger partial charge in [-0.2, -0.15) is 4.98 Å². The molecule has 0 aliphatic carbocycles. The summed E-state index contributed by atoms with van der Waals surface area (Å²) in [6.45, 7) is 0.326. The van der Waals surface area contributed by atoms with Crippen LogP contribution in [0.2, 0.25) is 5.02 Å². The quantitative estimate of drug-likeness (QED) is 0.932. The molecule has 18 heavy (non-hydrogen) atoms. The fourth-order valence-corrected chi connectivity index (χ4v) is 2.17. The molecule has 0 saturated heterocycles. The van der Waals surface area contributed by atoms with Gasteiger partial charge >= 0.3 is 0 Å². The molecule has 2 N–H and O–H groups in total. The van der Waals surface area contributed by atoms with E-state index >= 15 is 0 Å². The summed E-state index contributed by atoms with van der Waals surface area (Å²) >= 11 is 9.43. The van der Waals surface area contributed by atoms with E-state index in [1.165, 1.54) is 0 Å². The van der Waals surface area contributed by atoms with Gasteiger partial charge in [0.05, 0.1) is 23.2 Å². The predicted molar refractivity (Wildman–Crippen MR) is 71.2 cm³/mol. The van der Waals surface area contributed by atoms with E-state index in [2.05, 4.69) is 26.1 Å². The van der Waals surface area contributed by atoms with E-state index in [-0.39, 0.29) is 0 Å². The predicted octanol–water partition coefficient (Wildman–Crippen LogP) is 2.80. The summed E-state index contributed by atoms with van der Waals surface area (Å²) in [4.78, 5) is 4.21. The molecule has 0 aliphatic rings. The third-order valence-electron chi connectivity index (χ3n) is 2.28. The molecular weight excluding hydrogens is 321 g/mol. The highest BCUT2D eigenvalue weighted by atomic mass is 79.9. The first-order valence-corrected chi connectivity index (χ1v) is 6.32. The first-order chi connectivity index (χ1) is 8.61. The monoisotopic (exact) mass is 331 g/mol. The summed E-state index contributed by atoms with van der Waals surface area (Å²) < 4.78 is 11.0. The molecule has 2 aromatic rings. The van der Waals surface area contributed by atoms with Gasteiger partial charge in [0, 0.05) is 11.6 Å². The first-order valence-electron chi connectivity index (χ1n) is 5.15. The minimum Gasteiger partial charge on any atom is -0.383 e. The molecule has 0 fully saturated rings. The number of ether oxygens (including phenoxy) is 1. The zero-order valence-corrected chi connectivity index (χ0v) is 11.9. The van der Waals surface area contributed by atoms with Gasteiger partial charge in [0.25, 0.3) is 5.89 Å². The van der Waals surface area contributed by atoms with E-state index in [0.29, 0.717) is 28.9 Å². The number of rotatable bonds is 4. The lowest BCUT2D eigenvalue weighted by molar-refractivity contribution is 0.177. The van der Waals surface area contributed by atoms with Crippen LogP contribution in [0.3, 0.4) is 0 Å². The summed E-state index contributed by atoms with van der Waals surface area (Å²) in [7, 11) is 1.56. The standard InChI is InChI=1S/C11H11BrClN3O2/c1-17-5-9(14)10-15-11(18-16-10)7-3-2-6(12)4-8(7)13/h2-4,9H,5,14H2,1H3. The van der Waals surface area contributed by atoms with Crippen molar-refractivity contribution >= 4 is 27.5 Å². The smallest absolute Gasteiger partial charge is 0.259 e. The van der Waals surface area contributed by atoms with Crippen LogP contribution in [0.1, 0.15) is 11.9 Å². The molecule has 1 aromatic carbocycles. The maximum absolute atomic E-state index is 6.10. The van der Waals surface area contributed by atoms with Gasteiger partial charge in [-0.3, -0.25) is 0 Å². The second kappa shape index (κ2) is 5.79. The van der Waals surface area contributed by atoms with Crippen molar-refractivity contribution < 1.29 is 9.26 Å². The van der Waals surface area contributed by atoms with Crippen molar-refractivity contribution in [3.05, 3.63) is 33.5 Å². The van der Waals surface area contributed by atoms with Crippen LogP contribution in [-0.4, -0.2) is 23.9 Å². The Bertz CT molecular complexity index is 547. The molecular formula is C11H11BrClN3O2. The number of nitrogens with two attached hydrogens (primary N) is 1. The first kappa shape index (κ1) is 13.5. The van der Waals surface area contributed by atoms with E-state index in [1.807, 2.05) is 6.07 Å². The Morgan fingerprint density at radius 2 is 2.33 bits per heavy atom. The Labute approximate surface area is 117 Å². The summed E-state index contributed by atoms with van der Waals surface area (Å²) in [6.07, 6.45) is 0. The number of hydrogen-bond donors (Lipinski definition) is 1. The van der Waals surface area contributed by atoms with Crippen molar-refractivity contribution in [3.63, 3.8) is 0 Å². The van der Waals surface area contributed by atoms with E-state index in [4.69, 9.17) is 26.6 Å². The van der Waals surface area contributed by atoms with Gasteiger partial charge in [0.1, 0.15) is 0 Å². The van der Waals surface area contributed by atoms with Crippen LogP contribution in [0.4, 0.5) is 0 Å². The van der Waals surface area contributed by atoms with Crippen LogP contribution in [0.15, 0.2) is 27.2 Å². The Kier molecular flexibility index (Phi) is 4.34. The average molecular weight is 333 g/mol. The van der Waals surface area contributed by atoms with Gasteiger partial charge in [0.2, 0.25) is 0 Å². The lowest BCUT2D eigenvalue weighted by Crippen LogP contribution is -2.17. The Morgan fingerprint density at radius 1 is 1.56 bits per heavy atom. The fourth-order valence-electron chi connectivity index (χ4n) is 1.41. The third-order valence-corrected chi connectivity index (χ3v) is 3.09. The highest BCUT2D eigenvalue weighted by molar-refractivity contribution is 9.10. The van der Waals surface area contributed by atoms with E-state index < -0.39 is 6.04 Å². The van der Waals surface area contributed by atoms with Crippen molar-refractivity contribution in [1.82, 2.24) is 10.1 Å².